The van der Waals surface area contributed by atoms with Crippen molar-refractivity contribution < 1.29 is 4.74 Å². The van der Waals surface area contributed by atoms with Gasteiger partial charge in [-0.15, -0.1) is 0 Å². The van der Waals surface area contributed by atoms with Gasteiger partial charge in [0.2, 0.25) is 0 Å². The van der Waals surface area contributed by atoms with Crippen LogP contribution in [0.1, 0.15) is 23.4 Å². The molecule has 1 saturated heterocycles. The van der Waals surface area contributed by atoms with E-state index >= 15 is 0 Å². The van der Waals surface area contributed by atoms with E-state index in [0.717, 1.165) is 6.61 Å². The fraction of sp³-hybridized carbons (Fsp3) is 0.200. The molecule has 86 valence electrons. The molecule has 0 saturated carbocycles. The van der Waals surface area contributed by atoms with Gasteiger partial charge in [-0.05, 0) is 11.1 Å². The second kappa shape index (κ2) is 4.70. The lowest BCUT2D eigenvalue weighted by atomic mass is 10.1. The van der Waals surface area contributed by atoms with Gasteiger partial charge in [-0.25, -0.2) is 0 Å². The van der Waals surface area contributed by atoms with Gasteiger partial charge in [-0.1, -0.05) is 60.7 Å². The van der Waals surface area contributed by atoms with Crippen LogP contribution in [0.5, 0.6) is 0 Å². The Balaban J connectivity index is 1.75. The van der Waals surface area contributed by atoms with Crippen molar-refractivity contribution in [3.05, 3.63) is 71.8 Å². The number of hydrogen-bond donors (Lipinski definition) is 1. The Morgan fingerprint density at radius 2 is 1.41 bits per heavy atom. The first-order chi connectivity index (χ1) is 8.43. The zero-order valence-corrected chi connectivity index (χ0v) is 9.54. The van der Waals surface area contributed by atoms with Gasteiger partial charge in [0.25, 0.3) is 0 Å². The Morgan fingerprint density at radius 3 is 2.06 bits per heavy atom. The second-order valence-electron chi connectivity index (χ2n) is 4.25. The summed E-state index contributed by atoms with van der Waals surface area (Å²) in [7, 11) is 0. The van der Waals surface area contributed by atoms with Crippen molar-refractivity contribution in [1.29, 1.82) is 0 Å². The van der Waals surface area contributed by atoms with Gasteiger partial charge in [0.15, 0.2) is 0 Å². The summed E-state index contributed by atoms with van der Waals surface area (Å²) in [5.74, 6) is 0. The molecule has 0 spiro atoms. The summed E-state index contributed by atoms with van der Waals surface area (Å²) >= 11 is 0. The summed E-state index contributed by atoms with van der Waals surface area (Å²) < 4.78 is 5.79. The predicted molar refractivity (Wildman–Crippen MR) is 67.5 cm³/mol. The van der Waals surface area contributed by atoms with Crippen LogP contribution < -0.4 is 5.32 Å². The van der Waals surface area contributed by atoms with E-state index in [2.05, 4.69) is 41.7 Å². The van der Waals surface area contributed by atoms with E-state index < -0.39 is 0 Å². The Bertz CT molecular complexity index is 423. The molecule has 2 atom stereocenters. The minimum Gasteiger partial charge on any atom is -0.357 e. The summed E-state index contributed by atoms with van der Waals surface area (Å²) in [6.07, 6.45) is 0.0152. The molecule has 0 aromatic heterocycles. The molecule has 1 aliphatic rings. The van der Waals surface area contributed by atoms with Crippen molar-refractivity contribution in [1.82, 2.24) is 5.32 Å². The zero-order chi connectivity index (χ0) is 11.5. The summed E-state index contributed by atoms with van der Waals surface area (Å²) in [5, 5.41) is 3.50. The summed E-state index contributed by atoms with van der Waals surface area (Å²) in [6, 6.07) is 21.0. The van der Waals surface area contributed by atoms with Crippen LogP contribution >= 0.6 is 0 Å². The minimum absolute atomic E-state index is 0.0152. The highest BCUT2D eigenvalue weighted by molar-refractivity contribution is 5.23. The van der Waals surface area contributed by atoms with Gasteiger partial charge in [0, 0.05) is 0 Å². The maximum absolute atomic E-state index is 5.79. The molecule has 2 heteroatoms. The molecule has 1 N–H and O–H groups in total. The van der Waals surface area contributed by atoms with Crippen LogP contribution in [0.25, 0.3) is 0 Å². The van der Waals surface area contributed by atoms with Crippen LogP contribution in [0.15, 0.2) is 60.7 Å². The van der Waals surface area contributed by atoms with Crippen molar-refractivity contribution in [2.75, 3.05) is 6.61 Å². The van der Waals surface area contributed by atoms with E-state index in [-0.39, 0.29) is 6.23 Å². The van der Waals surface area contributed by atoms with E-state index in [9.17, 15) is 0 Å². The van der Waals surface area contributed by atoms with Crippen LogP contribution in [0, 0.1) is 0 Å². The molecular weight excluding hydrogens is 210 g/mol. The van der Waals surface area contributed by atoms with Gasteiger partial charge < -0.3 is 4.74 Å². The topological polar surface area (TPSA) is 21.3 Å². The molecule has 2 aromatic carbocycles. The standard InChI is InChI=1S/C15H15NO/c1-3-7-12(8-4-1)14-11-17-15(16-14)13-9-5-2-6-10-13/h1-10,14-16H,11H2. The Labute approximate surface area is 101 Å². The van der Waals surface area contributed by atoms with Crippen LogP contribution in [0.2, 0.25) is 0 Å². The van der Waals surface area contributed by atoms with Gasteiger partial charge in [-0.2, -0.15) is 0 Å². The molecule has 0 aliphatic carbocycles. The third-order valence-corrected chi connectivity index (χ3v) is 3.09. The maximum Gasteiger partial charge on any atom is 0.134 e. The van der Waals surface area contributed by atoms with Gasteiger partial charge in [0.1, 0.15) is 6.23 Å². The molecule has 1 fully saturated rings. The third-order valence-electron chi connectivity index (χ3n) is 3.09. The lowest BCUT2D eigenvalue weighted by Gasteiger charge is -2.12. The molecule has 2 aromatic rings. The minimum atomic E-state index is 0.0152. The maximum atomic E-state index is 5.79. The van der Waals surface area contributed by atoms with Crippen molar-refractivity contribution in [2.45, 2.75) is 12.3 Å². The SMILES string of the molecule is c1ccc(C2COC(c3ccccc3)N2)cc1. The molecule has 17 heavy (non-hydrogen) atoms. The van der Waals surface area contributed by atoms with E-state index in [4.69, 9.17) is 4.74 Å². The molecule has 3 rings (SSSR count). The van der Waals surface area contributed by atoms with Crippen molar-refractivity contribution in [3.63, 3.8) is 0 Å². The first kappa shape index (κ1) is 10.5. The lowest BCUT2D eigenvalue weighted by Crippen LogP contribution is -2.18. The highest BCUT2D eigenvalue weighted by atomic mass is 16.5. The number of nitrogens with one attached hydrogen (secondary N) is 1. The number of ether oxygens (including phenoxy) is 1. The summed E-state index contributed by atoms with van der Waals surface area (Å²) in [5.41, 5.74) is 2.47. The fourth-order valence-electron chi connectivity index (χ4n) is 2.17. The van der Waals surface area contributed by atoms with Crippen LogP contribution in [0.3, 0.4) is 0 Å². The van der Waals surface area contributed by atoms with E-state index in [1.807, 2.05) is 24.3 Å². The molecular formula is C15H15NO. The van der Waals surface area contributed by atoms with Crippen LogP contribution in [0.4, 0.5) is 0 Å². The van der Waals surface area contributed by atoms with Crippen LogP contribution in [-0.2, 0) is 4.74 Å². The molecule has 0 radical (unpaired) electrons. The fourth-order valence-corrected chi connectivity index (χ4v) is 2.17. The van der Waals surface area contributed by atoms with E-state index in [1.165, 1.54) is 11.1 Å². The van der Waals surface area contributed by atoms with Crippen LogP contribution in [-0.4, -0.2) is 6.61 Å². The highest BCUT2D eigenvalue weighted by Gasteiger charge is 2.26. The summed E-state index contributed by atoms with van der Waals surface area (Å²) in [6.45, 7) is 0.726. The lowest BCUT2D eigenvalue weighted by molar-refractivity contribution is 0.101. The Morgan fingerprint density at radius 1 is 0.824 bits per heavy atom. The van der Waals surface area contributed by atoms with Crippen molar-refractivity contribution in [3.8, 4) is 0 Å². The predicted octanol–water partition coefficient (Wildman–Crippen LogP) is 3.05. The molecule has 2 nitrogen and oxygen atoms in total. The Hall–Kier alpha value is -1.64. The van der Waals surface area contributed by atoms with Gasteiger partial charge in [-0.3, -0.25) is 5.32 Å². The molecule has 2 unspecified atom stereocenters. The first-order valence-corrected chi connectivity index (χ1v) is 5.91. The molecule has 1 aliphatic heterocycles. The highest BCUT2D eigenvalue weighted by Crippen LogP contribution is 2.27. The molecule has 1 heterocycles. The number of hydrogen-bond acceptors (Lipinski definition) is 2. The van der Waals surface area contributed by atoms with Crippen molar-refractivity contribution in [2.24, 2.45) is 0 Å². The summed E-state index contributed by atoms with van der Waals surface area (Å²) in [4.78, 5) is 0. The average molecular weight is 225 g/mol. The average Bonchev–Trinajstić information content (AvgIpc) is 2.90. The normalized spacial score (nSPS) is 23.8. The number of benzene rings is 2. The number of rotatable bonds is 2. The molecule has 0 amide bonds. The largest absolute Gasteiger partial charge is 0.357 e. The monoisotopic (exact) mass is 225 g/mol. The third kappa shape index (κ3) is 2.23. The van der Waals surface area contributed by atoms with E-state index in [0.29, 0.717) is 6.04 Å². The van der Waals surface area contributed by atoms with E-state index in [1.54, 1.807) is 0 Å². The quantitative estimate of drug-likeness (QED) is 0.848. The smallest absolute Gasteiger partial charge is 0.134 e. The van der Waals surface area contributed by atoms with Crippen molar-refractivity contribution >= 4 is 0 Å². The Kier molecular flexibility index (Phi) is 2.90. The molecule has 0 bridgehead atoms. The van der Waals surface area contributed by atoms with Gasteiger partial charge >= 0.3 is 0 Å². The first-order valence-electron chi connectivity index (χ1n) is 5.91. The second-order valence-corrected chi connectivity index (χ2v) is 4.25. The zero-order valence-electron chi connectivity index (χ0n) is 9.54. The van der Waals surface area contributed by atoms with Gasteiger partial charge in [0.05, 0.1) is 12.6 Å².